The maximum atomic E-state index is 5.20. The Kier molecular flexibility index (Phi) is 9.48. The van der Waals surface area contributed by atoms with Gasteiger partial charge in [0.05, 0.1) is 6.61 Å². The molecule has 4 nitrogen and oxygen atoms in total. The molecule has 0 spiro atoms. The molecule has 0 saturated carbocycles. The number of hydrogen-bond acceptors (Lipinski definition) is 4. The van der Waals surface area contributed by atoms with Gasteiger partial charge in [-0.15, -0.1) is 0 Å². The van der Waals surface area contributed by atoms with Gasteiger partial charge in [-0.1, -0.05) is 12.8 Å². The normalized spacial score (nSPS) is 21.2. The summed E-state index contributed by atoms with van der Waals surface area (Å²) in [4.78, 5) is 2.51. The van der Waals surface area contributed by atoms with Gasteiger partial charge in [0.2, 0.25) is 0 Å². The molecule has 1 saturated heterocycles. The van der Waals surface area contributed by atoms with Crippen molar-refractivity contribution in [2.45, 2.75) is 38.1 Å². The highest BCUT2D eigenvalue weighted by molar-refractivity contribution is 4.75. The smallest absolute Gasteiger partial charge is 0.0589 e. The first-order valence-corrected chi connectivity index (χ1v) is 7.30. The molecule has 1 heterocycles. The first-order valence-electron chi connectivity index (χ1n) is 7.30. The number of methoxy groups -OCH3 is 2. The predicted molar refractivity (Wildman–Crippen MR) is 75.1 cm³/mol. The Balaban J connectivity index is 2.27. The zero-order chi connectivity index (χ0) is 13.1. The number of nitrogens with zero attached hydrogens (tertiary/aromatic N) is 1. The molecule has 1 aliphatic heterocycles. The molecule has 108 valence electrons. The van der Waals surface area contributed by atoms with Crippen LogP contribution in [0.25, 0.3) is 0 Å². The third kappa shape index (κ3) is 7.31. The number of nitrogens with one attached hydrogen (secondary N) is 1. The first-order chi connectivity index (χ1) is 8.86. The average Bonchev–Trinajstić information content (AvgIpc) is 2.64. The van der Waals surface area contributed by atoms with Gasteiger partial charge in [0, 0.05) is 46.5 Å². The van der Waals surface area contributed by atoms with Crippen LogP contribution in [0.15, 0.2) is 0 Å². The minimum Gasteiger partial charge on any atom is -0.385 e. The van der Waals surface area contributed by atoms with Gasteiger partial charge in [-0.05, 0) is 25.8 Å². The Morgan fingerprint density at radius 3 is 2.67 bits per heavy atom. The lowest BCUT2D eigenvalue weighted by Crippen LogP contribution is -2.42. The summed E-state index contributed by atoms with van der Waals surface area (Å²) in [6.07, 6.45) is 6.50. The van der Waals surface area contributed by atoms with E-state index in [4.69, 9.17) is 9.47 Å². The largest absolute Gasteiger partial charge is 0.385 e. The fraction of sp³-hybridized carbons (Fsp3) is 1.00. The fourth-order valence-electron chi connectivity index (χ4n) is 2.52. The molecule has 0 aromatic heterocycles. The van der Waals surface area contributed by atoms with Crippen LogP contribution in [0.4, 0.5) is 0 Å². The highest BCUT2D eigenvalue weighted by Crippen LogP contribution is 2.10. The van der Waals surface area contributed by atoms with Crippen LogP contribution in [0.1, 0.15) is 32.1 Å². The van der Waals surface area contributed by atoms with Crippen molar-refractivity contribution < 1.29 is 9.47 Å². The standard InChI is InChI=1S/C14H30N2O2/c1-17-11-6-9-16(10-12-18-2)13-14-7-4-3-5-8-15-14/h14-15H,3-13H2,1-2H3. The maximum absolute atomic E-state index is 5.20. The Bertz CT molecular complexity index is 183. The molecule has 1 atom stereocenters. The molecule has 0 bridgehead atoms. The summed E-state index contributed by atoms with van der Waals surface area (Å²) in [6, 6.07) is 0.659. The molecule has 1 N–H and O–H groups in total. The predicted octanol–water partition coefficient (Wildman–Crippen LogP) is 1.50. The molecular weight excluding hydrogens is 228 g/mol. The van der Waals surface area contributed by atoms with Gasteiger partial charge < -0.3 is 14.8 Å². The van der Waals surface area contributed by atoms with Gasteiger partial charge in [-0.3, -0.25) is 4.90 Å². The summed E-state index contributed by atoms with van der Waals surface area (Å²) in [6.45, 7) is 6.13. The van der Waals surface area contributed by atoms with E-state index in [1.807, 2.05) is 0 Å². The molecule has 1 unspecified atom stereocenters. The van der Waals surface area contributed by atoms with E-state index in [-0.39, 0.29) is 0 Å². The van der Waals surface area contributed by atoms with Gasteiger partial charge in [-0.2, -0.15) is 0 Å². The Labute approximate surface area is 112 Å². The molecule has 0 aromatic carbocycles. The van der Waals surface area contributed by atoms with Gasteiger partial charge in [0.15, 0.2) is 0 Å². The van der Waals surface area contributed by atoms with E-state index in [2.05, 4.69) is 10.2 Å². The Morgan fingerprint density at radius 2 is 1.89 bits per heavy atom. The third-order valence-corrected chi connectivity index (χ3v) is 3.58. The van der Waals surface area contributed by atoms with Gasteiger partial charge >= 0.3 is 0 Å². The van der Waals surface area contributed by atoms with Crippen LogP contribution in [0.5, 0.6) is 0 Å². The summed E-state index contributed by atoms with van der Waals surface area (Å²) in [5, 5.41) is 3.67. The van der Waals surface area contributed by atoms with Gasteiger partial charge in [0.1, 0.15) is 0 Å². The minimum absolute atomic E-state index is 0.659. The van der Waals surface area contributed by atoms with Crippen molar-refractivity contribution >= 4 is 0 Å². The molecule has 18 heavy (non-hydrogen) atoms. The van der Waals surface area contributed by atoms with E-state index in [1.165, 1.54) is 32.2 Å². The summed E-state index contributed by atoms with van der Waals surface area (Å²) in [5.41, 5.74) is 0. The third-order valence-electron chi connectivity index (χ3n) is 3.58. The van der Waals surface area contributed by atoms with Crippen molar-refractivity contribution in [3.8, 4) is 0 Å². The fourth-order valence-corrected chi connectivity index (χ4v) is 2.52. The molecule has 1 fully saturated rings. The molecule has 1 rings (SSSR count). The molecule has 0 aromatic rings. The lowest BCUT2D eigenvalue weighted by atomic mass is 10.1. The number of hydrogen-bond donors (Lipinski definition) is 1. The van der Waals surface area contributed by atoms with Crippen LogP contribution < -0.4 is 5.32 Å². The van der Waals surface area contributed by atoms with Crippen molar-refractivity contribution in [2.24, 2.45) is 0 Å². The summed E-state index contributed by atoms with van der Waals surface area (Å²) in [5.74, 6) is 0. The molecule has 0 amide bonds. The second-order valence-corrected chi connectivity index (χ2v) is 5.14. The first kappa shape index (κ1) is 15.9. The van der Waals surface area contributed by atoms with Crippen LogP contribution in [0.2, 0.25) is 0 Å². The molecule has 4 heteroatoms. The minimum atomic E-state index is 0.659. The lowest BCUT2D eigenvalue weighted by Gasteiger charge is -2.27. The molecular formula is C14H30N2O2. The van der Waals surface area contributed by atoms with Gasteiger partial charge in [-0.25, -0.2) is 0 Å². The van der Waals surface area contributed by atoms with Crippen LogP contribution in [-0.4, -0.2) is 64.6 Å². The van der Waals surface area contributed by atoms with E-state index < -0.39 is 0 Å². The summed E-state index contributed by atoms with van der Waals surface area (Å²) >= 11 is 0. The maximum Gasteiger partial charge on any atom is 0.0589 e. The van der Waals surface area contributed by atoms with E-state index in [9.17, 15) is 0 Å². The quantitative estimate of drug-likeness (QED) is 0.636. The van der Waals surface area contributed by atoms with Crippen molar-refractivity contribution in [3.63, 3.8) is 0 Å². The van der Waals surface area contributed by atoms with E-state index >= 15 is 0 Å². The topological polar surface area (TPSA) is 33.7 Å². The van der Waals surface area contributed by atoms with Crippen LogP contribution >= 0.6 is 0 Å². The van der Waals surface area contributed by atoms with Crippen LogP contribution in [-0.2, 0) is 9.47 Å². The Morgan fingerprint density at radius 1 is 1.06 bits per heavy atom. The van der Waals surface area contributed by atoms with E-state index in [0.717, 1.165) is 39.3 Å². The lowest BCUT2D eigenvalue weighted by molar-refractivity contribution is 0.125. The zero-order valence-electron chi connectivity index (χ0n) is 12.1. The van der Waals surface area contributed by atoms with Crippen molar-refractivity contribution in [1.82, 2.24) is 10.2 Å². The van der Waals surface area contributed by atoms with E-state index in [1.54, 1.807) is 14.2 Å². The van der Waals surface area contributed by atoms with Crippen molar-refractivity contribution in [3.05, 3.63) is 0 Å². The van der Waals surface area contributed by atoms with Gasteiger partial charge in [0.25, 0.3) is 0 Å². The average molecular weight is 258 g/mol. The SMILES string of the molecule is COCCCN(CCOC)CC1CCCCCN1. The highest BCUT2D eigenvalue weighted by Gasteiger charge is 2.15. The molecule has 0 aliphatic carbocycles. The van der Waals surface area contributed by atoms with Crippen molar-refractivity contribution in [2.75, 3.05) is 53.6 Å². The van der Waals surface area contributed by atoms with E-state index in [0.29, 0.717) is 6.04 Å². The second-order valence-electron chi connectivity index (χ2n) is 5.14. The molecule has 0 radical (unpaired) electrons. The second kappa shape index (κ2) is 10.7. The number of rotatable bonds is 9. The summed E-state index contributed by atoms with van der Waals surface area (Å²) in [7, 11) is 3.55. The zero-order valence-corrected chi connectivity index (χ0v) is 12.1. The Hall–Kier alpha value is -0.160. The van der Waals surface area contributed by atoms with Crippen LogP contribution in [0, 0.1) is 0 Å². The molecule has 1 aliphatic rings. The van der Waals surface area contributed by atoms with Crippen molar-refractivity contribution in [1.29, 1.82) is 0 Å². The number of ether oxygens (including phenoxy) is 2. The van der Waals surface area contributed by atoms with Crippen LogP contribution in [0.3, 0.4) is 0 Å². The highest BCUT2D eigenvalue weighted by atomic mass is 16.5. The summed E-state index contributed by atoms with van der Waals surface area (Å²) < 4.78 is 10.3. The monoisotopic (exact) mass is 258 g/mol.